The fraction of sp³-hybridized carbons (Fsp3) is 0. The van der Waals surface area contributed by atoms with Crippen LogP contribution in [0.15, 0.2) is 27.3 Å². The molecule has 0 saturated heterocycles. The third-order valence-corrected chi connectivity index (χ3v) is 8.34. The first-order valence-corrected chi connectivity index (χ1v) is 7.08. The molecule has 0 fully saturated rings. The van der Waals surface area contributed by atoms with E-state index < -0.39 is 0 Å². The molecule has 0 atom stereocenters. The van der Waals surface area contributed by atoms with Crippen molar-refractivity contribution in [3.8, 4) is 0 Å². The minimum absolute atomic E-state index is 0. The van der Waals surface area contributed by atoms with Gasteiger partial charge in [0.2, 0.25) is 0 Å². The van der Waals surface area contributed by atoms with Crippen molar-refractivity contribution in [2.75, 3.05) is 0 Å². The molecule has 1 aromatic carbocycles. The quantitative estimate of drug-likeness (QED) is 0.199. The number of halogens is 5. The van der Waals surface area contributed by atoms with Gasteiger partial charge in [0.15, 0.2) is 0 Å². The molecule has 0 aliphatic heterocycles. The van der Waals surface area contributed by atoms with Gasteiger partial charge in [-0.25, -0.2) is 0 Å². The van der Waals surface area contributed by atoms with Crippen LogP contribution < -0.4 is 0 Å². The third-order valence-electron chi connectivity index (χ3n) is 1.19. The van der Waals surface area contributed by atoms with Crippen LogP contribution in [0, 0.1) is 0 Å². The molecule has 0 spiro atoms. The van der Waals surface area contributed by atoms with E-state index in [1.54, 1.807) is 0 Å². The van der Waals surface area contributed by atoms with Gasteiger partial charge >= 0.3 is 0 Å². The van der Waals surface area contributed by atoms with Crippen LogP contribution in [0.4, 0.5) is 0 Å². The minimum Gasteiger partial charge on any atom is -0.141 e. The van der Waals surface area contributed by atoms with E-state index in [1.165, 1.54) is 0 Å². The van der Waals surface area contributed by atoms with E-state index in [-0.39, 0.29) is 29.6 Å². The van der Waals surface area contributed by atoms with Crippen molar-refractivity contribution < 1.29 is 0 Å². The molecule has 0 nitrogen and oxygen atoms in total. The first-order valence-electron chi connectivity index (χ1n) is 2.67. The van der Waals surface area contributed by atoms with Crippen molar-refractivity contribution in [2.24, 2.45) is 0 Å². The maximum Gasteiger partial charge on any atom is 0.0483 e. The van der Waals surface area contributed by atoms with Crippen molar-refractivity contribution in [3.63, 3.8) is 0 Å². The van der Waals surface area contributed by atoms with Crippen LogP contribution in [0.1, 0.15) is 0 Å². The molecular weight excluding hydrogens is 527 g/mol. The molecule has 0 heterocycles. The van der Waals surface area contributed by atoms with Gasteiger partial charge in [-0.15, -0.1) is 12.6 Å². The second kappa shape index (κ2) is 6.64. The molecule has 7 heteroatoms. The zero-order valence-electron chi connectivity index (χ0n) is 6.34. The minimum atomic E-state index is 0. The summed E-state index contributed by atoms with van der Waals surface area (Å²) >= 11 is 21.4. The summed E-state index contributed by atoms with van der Waals surface area (Å²) in [7, 11) is 0. The fourth-order valence-electron chi connectivity index (χ4n) is 0.593. The molecule has 0 bridgehead atoms. The Morgan fingerprint density at radius 2 is 0.846 bits per heavy atom. The average Bonchev–Trinajstić information content (AvgIpc) is 2.08. The average molecular weight is 528 g/mol. The zero-order valence-corrected chi connectivity index (χ0v) is 17.2. The van der Waals surface area contributed by atoms with Crippen molar-refractivity contribution in [2.45, 2.75) is 4.90 Å². The van der Waals surface area contributed by atoms with Crippen LogP contribution in [-0.2, 0) is 0 Å². The van der Waals surface area contributed by atoms with E-state index >= 15 is 0 Å². The summed E-state index contributed by atoms with van der Waals surface area (Å²) < 4.78 is 4.70. The largest absolute Gasteiger partial charge is 0.141 e. The monoisotopic (exact) mass is 523 g/mol. The van der Waals surface area contributed by atoms with Gasteiger partial charge in [-0.2, -0.15) is 0 Å². The van der Waals surface area contributed by atoms with Gasteiger partial charge in [-0.3, -0.25) is 0 Å². The predicted molar refractivity (Wildman–Crippen MR) is 77.9 cm³/mol. The summed E-state index contributed by atoms with van der Waals surface area (Å²) in [6, 6.07) is 0. The Hall–Kier alpha value is 2.97. The van der Waals surface area contributed by atoms with Crippen molar-refractivity contribution in [1.29, 1.82) is 0 Å². The van der Waals surface area contributed by atoms with Gasteiger partial charge in [0.05, 0.1) is 0 Å². The molecule has 0 amide bonds. The van der Waals surface area contributed by atoms with Crippen LogP contribution in [-0.4, -0.2) is 29.6 Å². The van der Waals surface area contributed by atoms with E-state index in [0.29, 0.717) is 0 Å². The summed E-state index contributed by atoms with van der Waals surface area (Å²) in [5, 5.41) is 0. The molecule has 1 rings (SSSR count). The van der Waals surface area contributed by atoms with Crippen molar-refractivity contribution in [3.05, 3.63) is 22.4 Å². The molecule has 0 unspecified atom stereocenters. The SMILES string of the molecule is Sc1c(Br)c(Br)c(Br)c(Br)c1Br.[Na]. The summed E-state index contributed by atoms with van der Waals surface area (Å²) in [5.74, 6) is 0. The van der Waals surface area contributed by atoms with Crippen molar-refractivity contribution >= 4 is 122 Å². The summed E-state index contributed by atoms with van der Waals surface area (Å²) in [5.41, 5.74) is 0. The number of hydrogen-bond acceptors (Lipinski definition) is 1. The van der Waals surface area contributed by atoms with Gasteiger partial charge in [-0.1, -0.05) is 0 Å². The molecule has 0 N–H and O–H groups in total. The summed E-state index contributed by atoms with van der Waals surface area (Å²) in [6.07, 6.45) is 0. The Morgan fingerprint density at radius 1 is 0.615 bits per heavy atom. The van der Waals surface area contributed by atoms with Gasteiger partial charge in [0.25, 0.3) is 0 Å². The van der Waals surface area contributed by atoms with Crippen LogP contribution >= 0.6 is 92.3 Å². The maximum absolute atomic E-state index is 4.32. The topological polar surface area (TPSA) is 0 Å². The first kappa shape index (κ1) is 16.0. The Balaban J connectivity index is 0.00000144. The standard InChI is InChI=1S/C6HBr5S.Na/c7-1-2(8)4(10)6(12)5(11)3(1)9;/h12H;. The van der Waals surface area contributed by atoms with Crippen molar-refractivity contribution in [1.82, 2.24) is 0 Å². The Labute approximate surface area is 146 Å². The number of thiol groups is 1. The molecule has 1 aromatic rings. The molecule has 67 valence electrons. The first-order chi connectivity index (χ1) is 5.46. The van der Waals surface area contributed by atoms with E-state index in [9.17, 15) is 0 Å². The zero-order chi connectivity index (χ0) is 9.46. The molecule has 0 aliphatic rings. The molecule has 0 saturated carbocycles. The van der Waals surface area contributed by atoms with Gasteiger partial charge in [0, 0.05) is 56.8 Å². The van der Waals surface area contributed by atoms with Crippen LogP contribution in [0.5, 0.6) is 0 Å². The third kappa shape index (κ3) is 3.46. The van der Waals surface area contributed by atoms with Gasteiger partial charge < -0.3 is 0 Å². The van der Waals surface area contributed by atoms with E-state index in [1.807, 2.05) is 0 Å². The summed E-state index contributed by atoms with van der Waals surface area (Å²) in [6.45, 7) is 0. The van der Waals surface area contributed by atoms with Crippen LogP contribution in [0.3, 0.4) is 0 Å². The Kier molecular flexibility index (Phi) is 8.16. The molecule has 0 aliphatic carbocycles. The maximum atomic E-state index is 4.32. The molecule has 13 heavy (non-hydrogen) atoms. The van der Waals surface area contributed by atoms with E-state index in [4.69, 9.17) is 0 Å². The normalized spacial score (nSPS) is 9.69. The van der Waals surface area contributed by atoms with Gasteiger partial charge in [0.1, 0.15) is 0 Å². The van der Waals surface area contributed by atoms with E-state index in [0.717, 1.165) is 27.3 Å². The predicted octanol–water partition coefficient (Wildman–Crippen LogP) is 5.41. The molecule has 0 aromatic heterocycles. The fourth-order valence-corrected chi connectivity index (χ4v) is 4.17. The smallest absolute Gasteiger partial charge is 0.0483 e. The number of hydrogen-bond donors (Lipinski definition) is 1. The van der Waals surface area contributed by atoms with Crippen LogP contribution in [0.2, 0.25) is 0 Å². The van der Waals surface area contributed by atoms with Crippen LogP contribution in [0.25, 0.3) is 0 Å². The molecule has 1 radical (unpaired) electrons. The number of benzene rings is 1. The second-order valence-corrected chi connectivity index (χ2v) is 6.33. The Bertz CT molecular complexity index is 235. The van der Waals surface area contributed by atoms with E-state index in [2.05, 4.69) is 92.3 Å². The molecular formula is C6HBr5NaS. The summed E-state index contributed by atoms with van der Waals surface area (Å²) in [4.78, 5) is 0.858. The number of rotatable bonds is 0. The van der Waals surface area contributed by atoms with Gasteiger partial charge in [-0.05, 0) is 79.6 Å². The Morgan fingerprint density at radius 3 is 1.15 bits per heavy atom. The second-order valence-electron chi connectivity index (χ2n) is 1.92.